The fourth-order valence-electron chi connectivity index (χ4n) is 7.01. The minimum atomic E-state index is -1.54. The number of rotatable bonds is 2. The third kappa shape index (κ3) is 5.49. The second kappa shape index (κ2) is 10.1. The average Bonchev–Trinajstić information content (AvgIpc) is 2.89. The molecular weight excluding hydrogens is 366 g/mol. The van der Waals surface area contributed by atoms with Crippen LogP contribution in [0.5, 0.6) is 0 Å². The molecule has 0 spiro atoms. The first kappa shape index (κ1) is 29.1. The molecule has 0 N–H and O–H groups in total. The van der Waals surface area contributed by atoms with Crippen molar-refractivity contribution in [1.82, 2.24) is 0 Å². The molecule has 0 aromatic rings. The first-order valence-corrected chi connectivity index (χ1v) is 12.9. The van der Waals surface area contributed by atoms with Gasteiger partial charge in [0.1, 0.15) is 0 Å². The summed E-state index contributed by atoms with van der Waals surface area (Å²) < 4.78 is 0. The van der Waals surface area contributed by atoms with Gasteiger partial charge in [0.2, 0.25) is 0 Å². The summed E-state index contributed by atoms with van der Waals surface area (Å²) in [7, 11) is -1.54. The van der Waals surface area contributed by atoms with Gasteiger partial charge in [-0.15, -0.1) is 5.54 Å². The van der Waals surface area contributed by atoms with E-state index in [1.807, 2.05) is 0 Å². The van der Waals surface area contributed by atoms with Crippen LogP contribution in [0.25, 0.3) is 4.98 Å². The van der Waals surface area contributed by atoms with Gasteiger partial charge in [-0.3, -0.25) is 0 Å². The van der Waals surface area contributed by atoms with Gasteiger partial charge < -0.3 is 27.3 Å². The molecule has 1 unspecified atom stereocenters. The Labute approximate surface area is 183 Å². The molecule has 7 atom stereocenters. The quantitative estimate of drug-likeness (QED) is 0.324. The normalized spacial score (nSPS) is 38.7. The molecule has 26 heavy (non-hydrogen) atoms. The van der Waals surface area contributed by atoms with Crippen molar-refractivity contribution < 1.29 is 21.7 Å². The van der Waals surface area contributed by atoms with E-state index in [9.17, 15) is 0 Å². The van der Waals surface area contributed by atoms with Gasteiger partial charge in [-0.05, 0) is 48.3 Å². The van der Waals surface area contributed by atoms with Crippen molar-refractivity contribution in [1.29, 1.82) is 0 Å². The van der Waals surface area contributed by atoms with Crippen LogP contribution >= 0.6 is 0 Å². The zero-order chi connectivity index (χ0) is 16.3. The Balaban J connectivity index is 0. The maximum atomic E-state index is 5.42. The fourth-order valence-corrected chi connectivity index (χ4v) is 11.9. The Bertz CT molecular complexity index is 417. The van der Waals surface area contributed by atoms with Crippen LogP contribution in [0.1, 0.15) is 66.7 Å². The summed E-state index contributed by atoms with van der Waals surface area (Å²) in [4.78, 5) is 5.42. The van der Waals surface area contributed by atoms with Gasteiger partial charge in [-0.1, -0.05) is 80.8 Å². The summed E-state index contributed by atoms with van der Waals surface area (Å²) in [5, 5.41) is 0. The van der Waals surface area contributed by atoms with Crippen LogP contribution in [0.2, 0.25) is 18.6 Å². The van der Waals surface area contributed by atoms with Crippen LogP contribution in [0.4, 0.5) is 0 Å². The predicted molar refractivity (Wildman–Crippen MR) is 119 cm³/mol. The average molecular weight is 414 g/mol. The Kier molecular flexibility index (Phi) is 11.3. The van der Waals surface area contributed by atoms with Crippen molar-refractivity contribution in [2.24, 2.45) is 35.5 Å². The molecule has 3 rings (SSSR count). The molecule has 0 amide bonds. The van der Waals surface area contributed by atoms with E-state index in [-0.39, 0.29) is 49.5 Å². The molecule has 3 fully saturated rings. The van der Waals surface area contributed by atoms with Gasteiger partial charge >= 0.3 is 21.7 Å². The molecule has 3 aliphatic rings. The number of nitrogens with zero attached hydrogens (tertiary/aromatic N) is 1. The summed E-state index contributed by atoms with van der Waals surface area (Å²) in [5.41, 5.74) is 1.06. The molecule has 0 radical (unpaired) electrons. The molecule has 1 nitrogen and oxygen atoms in total. The van der Waals surface area contributed by atoms with Crippen molar-refractivity contribution >= 4 is 8.24 Å². The van der Waals surface area contributed by atoms with E-state index < -0.39 is 8.24 Å². The van der Waals surface area contributed by atoms with Crippen LogP contribution in [0.3, 0.4) is 0 Å². The fraction of sp³-hybridized carbons (Fsp3) is 0.870. The van der Waals surface area contributed by atoms with E-state index in [2.05, 4.69) is 47.7 Å². The molecule has 3 saturated carbocycles. The number of fused-ring (bicyclic) bond motifs is 2. The monoisotopic (exact) mass is 413 g/mol. The van der Waals surface area contributed by atoms with Gasteiger partial charge in [0.25, 0.3) is 0 Å². The summed E-state index contributed by atoms with van der Waals surface area (Å²) in [6.07, 6.45) is 7.67. The largest absolute Gasteiger partial charge is 4.00 e. The van der Waals surface area contributed by atoms with Crippen LogP contribution in [0.15, 0.2) is 0 Å². The SMILES string of the molecule is CC1[C@@H](C)[C@@H]2C[C@@H]3CCC[C@@H]3C[C@@H]2[C@H]1[Si](C)(C)[N-]C(C)(C)C.[CH3-].[CH3-].[CH3-].[Ti+4]. The first-order valence-electron chi connectivity index (χ1n) is 9.84. The molecule has 0 aromatic carbocycles. The summed E-state index contributed by atoms with van der Waals surface area (Å²) in [6, 6.07) is 0. The third-order valence-electron chi connectivity index (χ3n) is 7.49. The Morgan fingerprint density at radius 2 is 1.27 bits per heavy atom. The van der Waals surface area contributed by atoms with Crippen LogP contribution in [0, 0.1) is 57.8 Å². The second-order valence-corrected chi connectivity index (χ2v) is 14.6. The van der Waals surface area contributed by atoms with Gasteiger partial charge in [-0.2, -0.15) is 0 Å². The molecule has 0 bridgehead atoms. The minimum Gasteiger partial charge on any atom is -0.660 e. The first-order chi connectivity index (χ1) is 10.1. The molecule has 0 aromatic heterocycles. The number of hydrogen-bond donors (Lipinski definition) is 0. The van der Waals surface area contributed by atoms with Crippen molar-refractivity contribution in [3.8, 4) is 0 Å². The van der Waals surface area contributed by atoms with Crippen LogP contribution in [-0.4, -0.2) is 13.8 Å². The topological polar surface area (TPSA) is 14.1 Å². The van der Waals surface area contributed by atoms with E-state index in [1.165, 1.54) is 19.3 Å². The van der Waals surface area contributed by atoms with E-state index >= 15 is 0 Å². The molecule has 3 heteroatoms. The molecular formula is C23H47NSiTi. The van der Waals surface area contributed by atoms with E-state index in [1.54, 1.807) is 12.8 Å². The third-order valence-corrected chi connectivity index (χ3v) is 11.3. The zero-order valence-corrected chi connectivity index (χ0v) is 22.1. The maximum Gasteiger partial charge on any atom is 4.00 e. The second-order valence-electron chi connectivity index (χ2n) is 10.4. The van der Waals surface area contributed by atoms with Gasteiger partial charge in [0, 0.05) is 0 Å². The Morgan fingerprint density at radius 1 is 0.808 bits per heavy atom. The van der Waals surface area contributed by atoms with E-state index in [0.29, 0.717) is 0 Å². The van der Waals surface area contributed by atoms with Gasteiger partial charge in [0.05, 0.1) is 0 Å². The number of hydrogen-bond acceptors (Lipinski definition) is 0. The maximum absolute atomic E-state index is 5.42. The molecule has 0 saturated heterocycles. The summed E-state index contributed by atoms with van der Waals surface area (Å²) in [5.74, 6) is 5.98. The molecule has 0 heterocycles. The smallest absolute Gasteiger partial charge is 0.660 e. The van der Waals surface area contributed by atoms with Crippen LogP contribution in [-0.2, 0) is 21.7 Å². The van der Waals surface area contributed by atoms with E-state index in [0.717, 1.165) is 41.0 Å². The van der Waals surface area contributed by atoms with Crippen LogP contribution < -0.4 is 0 Å². The zero-order valence-electron chi connectivity index (χ0n) is 19.5. The summed E-state index contributed by atoms with van der Waals surface area (Å²) in [6.45, 7) is 17.2. The Morgan fingerprint density at radius 3 is 1.73 bits per heavy atom. The summed E-state index contributed by atoms with van der Waals surface area (Å²) >= 11 is 0. The van der Waals surface area contributed by atoms with Crippen molar-refractivity contribution in [2.75, 3.05) is 0 Å². The van der Waals surface area contributed by atoms with Gasteiger partial charge in [-0.25, -0.2) is 0 Å². The minimum absolute atomic E-state index is 0. The standard InChI is InChI=1S/C20H38NSi.3CH3.Ti/c1-13-14(2)19(22(6,7)21-20(3,4)5)18-12-16-10-8-9-15(16)11-17(13)18;;;;/h13-19H,8-12H2,1-7H3;3*1H3;/q4*-1;+4/t13-,14?,15+,16-,17+,18+,19+;;;;/m1..../s1. The molecule has 0 aliphatic heterocycles. The molecule has 3 aliphatic carbocycles. The van der Waals surface area contributed by atoms with E-state index in [4.69, 9.17) is 4.98 Å². The van der Waals surface area contributed by atoms with Crippen molar-refractivity contribution in [2.45, 2.75) is 90.9 Å². The van der Waals surface area contributed by atoms with Gasteiger partial charge in [0.15, 0.2) is 0 Å². The van der Waals surface area contributed by atoms with Crippen molar-refractivity contribution in [3.05, 3.63) is 27.3 Å². The van der Waals surface area contributed by atoms with Crippen molar-refractivity contribution in [3.63, 3.8) is 0 Å². The predicted octanol–water partition coefficient (Wildman–Crippen LogP) is 7.81. The molecule has 152 valence electrons. The Hall–Kier alpha value is 0.891.